The number of nitrogens with one attached hydrogen (secondary N) is 1. The van der Waals surface area contributed by atoms with Gasteiger partial charge in [0, 0.05) is 5.56 Å². The molecule has 7 heteroatoms. The molecule has 3 aromatic carbocycles. The van der Waals surface area contributed by atoms with Crippen molar-refractivity contribution in [1.82, 2.24) is 10.4 Å². The van der Waals surface area contributed by atoms with E-state index in [1.165, 1.54) is 11.8 Å². The first-order valence-electron chi connectivity index (χ1n) is 9.34. The summed E-state index contributed by atoms with van der Waals surface area (Å²) >= 11 is 3.00. The van der Waals surface area contributed by atoms with Crippen LogP contribution >= 0.6 is 23.1 Å². The van der Waals surface area contributed by atoms with Gasteiger partial charge >= 0.3 is 0 Å². The first kappa shape index (κ1) is 20.1. The topological polar surface area (TPSA) is 63.6 Å². The quantitative estimate of drug-likeness (QED) is 0.238. The summed E-state index contributed by atoms with van der Waals surface area (Å²) in [4.78, 5) is 16.6. The van der Waals surface area contributed by atoms with Crippen LogP contribution in [0.2, 0.25) is 0 Å². The minimum atomic E-state index is -0.173. The lowest BCUT2D eigenvalue weighted by atomic mass is 10.1. The van der Waals surface area contributed by atoms with Crippen molar-refractivity contribution in [2.45, 2.75) is 10.9 Å². The van der Waals surface area contributed by atoms with E-state index in [-0.39, 0.29) is 11.7 Å². The van der Waals surface area contributed by atoms with Crippen LogP contribution in [0.25, 0.3) is 10.2 Å². The van der Waals surface area contributed by atoms with Gasteiger partial charge in [-0.05, 0) is 29.8 Å². The predicted octanol–water partition coefficient (Wildman–Crippen LogP) is 5.12. The smallest absolute Gasteiger partial charge is 0.250 e. The van der Waals surface area contributed by atoms with E-state index in [4.69, 9.17) is 4.74 Å². The monoisotopic (exact) mass is 433 g/mol. The van der Waals surface area contributed by atoms with Gasteiger partial charge in [0.15, 0.2) is 4.34 Å². The molecule has 150 valence electrons. The third-order valence-electron chi connectivity index (χ3n) is 4.19. The molecule has 0 saturated heterocycles. The second kappa shape index (κ2) is 10.0. The summed E-state index contributed by atoms with van der Waals surface area (Å²) in [6.07, 6.45) is 1.64. The highest BCUT2D eigenvalue weighted by Gasteiger charge is 2.07. The molecular weight excluding hydrogens is 414 g/mol. The van der Waals surface area contributed by atoms with E-state index < -0.39 is 0 Å². The Hall–Kier alpha value is -3.16. The minimum absolute atomic E-state index is 0.173. The molecule has 1 heterocycles. The van der Waals surface area contributed by atoms with E-state index in [1.54, 1.807) is 17.6 Å². The van der Waals surface area contributed by atoms with Gasteiger partial charge in [-0.25, -0.2) is 10.4 Å². The zero-order valence-corrected chi connectivity index (χ0v) is 17.7. The summed E-state index contributed by atoms with van der Waals surface area (Å²) in [5, 5.41) is 4.10. The maximum Gasteiger partial charge on any atom is 0.250 e. The maximum absolute atomic E-state index is 12.1. The van der Waals surface area contributed by atoms with Crippen LogP contribution in [0.15, 0.2) is 88.3 Å². The molecule has 30 heavy (non-hydrogen) atoms. The van der Waals surface area contributed by atoms with E-state index in [9.17, 15) is 4.79 Å². The van der Waals surface area contributed by atoms with E-state index in [0.29, 0.717) is 6.61 Å². The van der Waals surface area contributed by atoms with Crippen LogP contribution in [0.3, 0.4) is 0 Å². The molecule has 0 aliphatic heterocycles. The predicted molar refractivity (Wildman–Crippen MR) is 123 cm³/mol. The summed E-state index contributed by atoms with van der Waals surface area (Å²) in [7, 11) is 0. The maximum atomic E-state index is 12.1. The van der Waals surface area contributed by atoms with Crippen molar-refractivity contribution in [1.29, 1.82) is 0 Å². The summed E-state index contributed by atoms with van der Waals surface area (Å²) in [6.45, 7) is 0.424. The van der Waals surface area contributed by atoms with Gasteiger partial charge in [0.2, 0.25) is 0 Å². The summed E-state index contributed by atoms with van der Waals surface area (Å²) in [6, 6.07) is 25.4. The summed E-state index contributed by atoms with van der Waals surface area (Å²) in [5.74, 6) is 0.897. The van der Waals surface area contributed by atoms with Crippen LogP contribution < -0.4 is 10.2 Å². The van der Waals surface area contributed by atoms with Gasteiger partial charge in [0.25, 0.3) is 5.91 Å². The standard InChI is InChI=1S/C23H19N3O2S2/c27-22(16-29-23-25-20-12-6-7-13-21(20)30-23)26-24-14-17-8-4-5-9-18(17)15-28-19-10-2-1-3-11-19/h1-14H,15-16H2,(H,26,27)/b24-14-. The number of para-hydroxylation sites is 2. The molecule has 0 saturated carbocycles. The number of rotatable bonds is 8. The van der Waals surface area contributed by atoms with E-state index in [0.717, 1.165) is 31.4 Å². The Morgan fingerprint density at radius 2 is 1.80 bits per heavy atom. The Balaban J connectivity index is 1.30. The van der Waals surface area contributed by atoms with Gasteiger partial charge < -0.3 is 4.74 Å². The number of hydrazone groups is 1. The van der Waals surface area contributed by atoms with Crippen molar-refractivity contribution in [3.8, 4) is 5.75 Å². The molecule has 4 rings (SSSR count). The Bertz CT molecular complexity index is 1130. The molecule has 0 bridgehead atoms. The van der Waals surface area contributed by atoms with Crippen LogP contribution in [0.5, 0.6) is 5.75 Å². The van der Waals surface area contributed by atoms with Crippen LogP contribution in [0.1, 0.15) is 11.1 Å². The molecule has 0 fully saturated rings. The lowest BCUT2D eigenvalue weighted by molar-refractivity contribution is -0.118. The first-order chi connectivity index (χ1) is 14.8. The number of amides is 1. The number of thiazole rings is 1. The third kappa shape index (κ3) is 5.46. The largest absolute Gasteiger partial charge is 0.489 e. The molecule has 0 aliphatic rings. The number of hydrogen-bond acceptors (Lipinski definition) is 6. The first-order valence-corrected chi connectivity index (χ1v) is 11.1. The van der Waals surface area contributed by atoms with Crippen LogP contribution in [-0.2, 0) is 11.4 Å². The van der Waals surface area contributed by atoms with E-state index in [1.807, 2.05) is 78.9 Å². The molecule has 4 aromatic rings. The summed E-state index contributed by atoms with van der Waals surface area (Å²) in [5.41, 5.74) is 5.42. The number of benzene rings is 3. The van der Waals surface area contributed by atoms with Crippen molar-refractivity contribution >= 4 is 45.4 Å². The van der Waals surface area contributed by atoms with Gasteiger partial charge in [0.05, 0.1) is 22.2 Å². The van der Waals surface area contributed by atoms with Crippen molar-refractivity contribution in [3.05, 3.63) is 90.0 Å². The molecule has 5 nitrogen and oxygen atoms in total. The lowest BCUT2D eigenvalue weighted by Crippen LogP contribution is -2.19. The number of hydrogen-bond donors (Lipinski definition) is 1. The average molecular weight is 434 g/mol. The Labute approximate surface area is 182 Å². The number of nitrogens with zero attached hydrogens (tertiary/aromatic N) is 2. The highest BCUT2D eigenvalue weighted by molar-refractivity contribution is 8.01. The molecular formula is C23H19N3O2S2. The number of carbonyl (C=O) groups excluding carboxylic acids is 1. The highest BCUT2D eigenvalue weighted by Crippen LogP contribution is 2.29. The van der Waals surface area contributed by atoms with Crippen LogP contribution in [0.4, 0.5) is 0 Å². The van der Waals surface area contributed by atoms with Crippen molar-refractivity contribution in [2.75, 3.05) is 5.75 Å². The molecule has 0 aliphatic carbocycles. The molecule has 0 unspecified atom stereocenters. The zero-order chi connectivity index (χ0) is 20.6. The Morgan fingerprint density at radius 3 is 2.67 bits per heavy atom. The number of fused-ring (bicyclic) bond motifs is 1. The second-order valence-corrected chi connectivity index (χ2v) is 8.58. The van der Waals surface area contributed by atoms with Crippen molar-refractivity contribution in [2.24, 2.45) is 5.10 Å². The second-order valence-electron chi connectivity index (χ2n) is 6.33. The fourth-order valence-corrected chi connectivity index (χ4v) is 4.58. The summed E-state index contributed by atoms with van der Waals surface area (Å²) < 4.78 is 7.81. The molecule has 1 aromatic heterocycles. The lowest BCUT2D eigenvalue weighted by Gasteiger charge is -2.08. The molecule has 0 spiro atoms. The number of thioether (sulfide) groups is 1. The Morgan fingerprint density at radius 1 is 1.03 bits per heavy atom. The third-order valence-corrected chi connectivity index (χ3v) is 6.37. The number of aromatic nitrogens is 1. The van der Waals surface area contributed by atoms with Gasteiger partial charge in [0.1, 0.15) is 12.4 Å². The SMILES string of the molecule is O=C(CSc1nc2ccccc2s1)N/N=C\c1ccccc1COc1ccccc1. The zero-order valence-electron chi connectivity index (χ0n) is 16.0. The number of carbonyl (C=O) groups is 1. The van der Waals surface area contributed by atoms with E-state index in [2.05, 4.69) is 15.5 Å². The van der Waals surface area contributed by atoms with Crippen LogP contribution in [0, 0.1) is 0 Å². The van der Waals surface area contributed by atoms with Gasteiger partial charge in [-0.1, -0.05) is 66.4 Å². The molecule has 1 N–H and O–H groups in total. The molecule has 0 radical (unpaired) electrons. The normalized spacial score (nSPS) is 11.1. The average Bonchev–Trinajstić information content (AvgIpc) is 3.21. The minimum Gasteiger partial charge on any atom is -0.489 e. The van der Waals surface area contributed by atoms with Gasteiger partial charge in [-0.2, -0.15) is 5.10 Å². The molecule has 1 amide bonds. The molecule has 0 atom stereocenters. The van der Waals surface area contributed by atoms with Crippen molar-refractivity contribution in [3.63, 3.8) is 0 Å². The van der Waals surface area contributed by atoms with E-state index >= 15 is 0 Å². The van der Waals surface area contributed by atoms with Gasteiger partial charge in [-0.15, -0.1) is 11.3 Å². The highest BCUT2D eigenvalue weighted by atomic mass is 32.2. The van der Waals surface area contributed by atoms with Crippen molar-refractivity contribution < 1.29 is 9.53 Å². The van der Waals surface area contributed by atoms with Gasteiger partial charge in [-0.3, -0.25) is 4.79 Å². The fourth-order valence-electron chi connectivity index (χ4n) is 2.72. The number of ether oxygens (including phenoxy) is 1. The fraction of sp³-hybridized carbons (Fsp3) is 0.0870. The van der Waals surface area contributed by atoms with Crippen LogP contribution in [-0.4, -0.2) is 22.9 Å². The Kier molecular flexibility index (Phi) is 6.74.